The Hall–Kier alpha value is -2.15. The van der Waals surface area contributed by atoms with E-state index in [1.54, 1.807) is 67.7 Å². The highest BCUT2D eigenvalue weighted by Crippen LogP contribution is 2.44. The lowest BCUT2D eigenvalue weighted by Crippen LogP contribution is -2.59. The maximum absolute atomic E-state index is 13.8. The van der Waals surface area contributed by atoms with Crippen molar-refractivity contribution in [2.24, 2.45) is 5.92 Å². The Labute approximate surface area is 199 Å². The number of benzene rings is 2. The van der Waals surface area contributed by atoms with Crippen molar-refractivity contribution in [3.8, 4) is 5.75 Å². The van der Waals surface area contributed by atoms with E-state index in [4.69, 9.17) is 9.47 Å². The summed E-state index contributed by atoms with van der Waals surface area (Å²) in [5.74, 6) is -0.288. The summed E-state index contributed by atoms with van der Waals surface area (Å²) >= 11 is 0. The number of hydrogen-bond acceptors (Lipinski definition) is 7. The first-order valence-corrected chi connectivity index (χ1v) is 12.6. The first-order chi connectivity index (χ1) is 16.2. The van der Waals surface area contributed by atoms with Crippen molar-refractivity contribution in [2.45, 2.75) is 24.4 Å². The number of methoxy groups -OCH3 is 1. The second kappa shape index (κ2) is 11.5. The summed E-state index contributed by atoms with van der Waals surface area (Å²) in [7, 11) is 1.18. The molecule has 2 atom stereocenters. The van der Waals surface area contributed by atoms with Crippen LogP contribution in [-0.4, -0.2) is 65.3 Å². The maximum Gasteiger partial charge on any atom is 0.346 e. The van der Waals surface area contributed by atoms with Gasteiger partial charge in [-0.1, -0.05) is 42.5 Å². The Balaban J connectivity index is 2.00. The molecule has 188 valence electrons. The quantitative estimate of drug-likeness (QED) is 0.461. The fourth-order valence-electron chi connectivity index (χ4n) is 4.48. The van der Waals surface area contributed by atoms with Crippen LogP contribution >= 0.6 is 0 Å². The molecule has 2 aromatic carbocycles. The van der Waals surface area contributed by atoms with Gasteiger partial charge < -0.3 is 9.47 Å². The van der Waals surface area contributed by atoms with E-state index >= 15 is 0 Å². The van der Waals surface area contributed by atoms with Crippen molar-refractivity contribution in [2.75, 3.05) is 40.8 Å². The summed E-state index contributed by atoms with van der Waals surface area (Å²) in [5.41, 5.74) is 5.65. The Kier molecular flexibility index (Phi) is 8.96. The molecule has 1 fully saturated rings. The molecular formula is C23H32F2N4O4S. The minimum atomic E-state index is -3.69. The molecule has 3 rings (SSSR count). The highest BCUT2D eigenvalue weighted by atomic mass is 32.2. The summed E-state index contributed by atoms with van der Waals surface area (Å²) in [5, 5.41) is 1.61. The zero-order chi connectivity index (χ0) is 24.8. The van der Waals surface area contributed by atoms with Gasteiger partial charge in [-0.25, -0.2) is 23.6 Å². The summed E-state index contributed by atoms with van der Waals surface area (Å²) in [6.45, 7) is -2.78. The predicted molar refractivity (Wildman–Crippen MR) is 125 cm³/mol. The molecule has 8 nitrogen and oxygen atoms in total. The van der Waals surface area contributed by atoms with E-state index < -0.39 is 28.2 Å². The molecular weight excluding hydrogens is 466 g/mol. The van der Waals surface area contributed by atoms with Gasteiger partial charge in [0, 0.05) is 39.6 Å². The van der Waals surface area contributed by atoms with Crippen LogP contribution in [0, 0.1) is 5.92 Å². The summed E-state index contributed by atoms with van der Waals surface area (Å²) < 4.78 is 66.2. The first-order valence-electron chi connectivity index (χ1n) is 11.0. The molecule has 0 spiro atoms. The third-order valence-electron chi connectivity index (χ3n) is 6.20. The number of rotatable bonds is 11. The normalized spacial score (nSPS) is 21.8. The molecule has 2 N–H and O–H groups in total. The molecule has 0 amide bonds. The highest BCUT2D eigenvalue weighted by molar-refractivity contribution is 7.88. The molecule has 0 aromatic heterocycles. The van der Waals surface area contributed by atoms with E-state index in [0.29, 0.717) is 16.9 Å². The molecule has 0 saturated carbocycles. The largest absolute Gasteiger partial charge is 0.497 e. The van der Waals surface area contributed by atoms with Crippen molar-refractivity contribution >= 4 is 10.0 Å². The van der Waals surface area contributed by atoms with Crippen molar-refractivity contribution in [3.05, 3.63) is 65.7 Å². The average molecular weight is 499 g/mol. The van der Waals surface area contributed by atoms with Gasteiger partial charge in [-0.2, -0.15) is 13.9 Å². The molecule has 2 unspecified atom stereocenters. The lowest BCUT2D eigenvalue weighted by molar-refractivity contribution is -0.247. The lowest BCUT2D eigenvalue weighted by atomic mass is 9.76. The third-order valence-corrected chi connectivity index (χ3v) is 8.02. The van der Waals surface area contributed by atoms with Crippen LogP contribution < -0.4 is 15.6 Å². The molecule has 1 heterocycles. The van der Waals surface area contributed by atoms with Crippen LogP contribution in [-0.2, 0) is 26.1 Å². The smallest absolute Gasteiger partial charge is 0.346 e. The molecule has 1 saturated heterocycles. The van der Waals surface area contributed by atoms with Gasteiger partial charge >= 0.3 is 6.61 Å². The van der Waals surface area contributed by atoms with Gasteiger partial charge in [0.25, 0.3) is 0 Å². The number of alkyl halides is 2. The SMILES string of the molecule is CNN(CC1CN(S(=O)(=O)Cc2ccccc2)CCC1(OC(F)F)c1cccc(OC)c1)NC. The fraction of sp³-hybridized carbons (Fsp3) is 0.478. The van der Waals surface area contributed by atoms with Crippen LogP contribution in [0.3, 0.4) is 0 Å². The maximum atomic E-state index is 13.8. The molecule has 34 heavy (non-hydrogen) atoms. The standard InChI is InChI=1S/C23H32F2N4O4S/c1-26-29(27-2)16-20-15-28(34(30,31)17-18-8-5-4-6-9-18)13-12-23(20,33-22(24)25)19-10-7-11-21(14-19)32-3/h4-11,14,20,22,26-27H,12-13,15-17H2,1-3H3. The Morgan fingerprint density at radius 1 is 1.15 bits per heavy atom. The average Bonchev–Trinajstić information content (AvgIpc) is 2.83. The minimum Gasteiger partial charge on any atom is -0.497 e. The number of nitrogens with one attached hydrogen (secondary N) is 2. The minimum absolute atomic E-state index is 0.0129. The van der Waals surface area contributed by atoms with Crippen LogP contribution in [0.2, 0.25) is 0 Å². The van der Waals surface area contributed by atoms with Crippen LogP contribution in [0.5, 0.6) is 5.75 Å². The molecule has 0 aliphatic carbocycles. The third kappa shape index (κ3) is 6.09. The zero-order valence-electron chi connectivity index (χ0n) is 19.6. The lowest BCUT2D eigenvalue weighted by Gasteiger charge is -2.48. The molecule has 11 heteroatoms. The predicted octanol–water partition coefficient (Wildman–Crippen LogP) is 2.55. The molecule has 1 aliphatic rings. The van der Waals surface area contributed by atoms with Gasteiger partial charge in [0.1, 0.15) is 11.4 Å². The van der Waals surface area contributed by atoms with Gasteiger partial charge in [-0.05, 0) is 29.7 Å². The van der Waals surface area contributed by atoms with Crippen LogP contribution in [0.4, 0.5) is 8.78 Å². The van der Waals surface area contributed by atoms with Crippen LogP contribution in [0.15, 0.2) is 54.6 Å². The van der Waals surface area contributed by atoms with Crippen LogP contribution in [0.25, 0.3) is 0 Å². The van der Waals surface area contributed by atoms with Crippen molar-refractivity contribution in [1.82, 2.24) is 20.3 Å². The van der Waals surface area contributed by atoms with Crippen molar-refractivity contribution in [1.29, 1.82) is 0 Å². The number of ether oxygens (including phenoxy) is 2. The second-order valence-electron chi connectivity index (χ2n) is 8.10. The van der Waals surface area contributed by atoms with E-state index in [2.05, 4.69) is 10.9 Å². The molecule has 0 radical (unpaired) electrons. The van der Waals surface area contributed by atoms with E-state index in [9.17, 15) is 17.2 Å². The second-order valence-corrected chi connectivity index (χ2v) is 10.1. The van der Waals surface area contributed by atoms with Crippen LogP contribution in [0.1, 0.15) is 17.5 Å². The Morgan fingerprint density at radius 2 is 1.85 bits per heavy atom. The Bertz CT molecular complexity index is 1020. The summed E-state index contributed by atoms with van der Waals surface area (Å²) in [6.07, 6.45) is 0.0600. The molecule has 2 aromatic rings. The number of sulfonamides is 1. The zero-order valence-corrected chi connectivity index (χ0v) is 20.4. The molecule has 1 aliphatic heterocycles. The monoisotopic (exact) mass is 498 g/mol. The van der Waals surface area contributed by atoms with Crippen molar-refractivity contribution in [3.63, 3.8) is 0 Å². The van der Waals surface area contributed by atoms with E-state index in [1.807, 2.05) is 6.07 Å². The summed E-state index contributed by atoms with van der Waals surface area (Å²) in [4.78, 5) is 0. The highest BCUT2D eigenvalue weighted by Gasteiger charge is 2.50. The van der Waals surface area contributed by atoms with Gasteiger partial charge in [0.05, 0.1) is 12.9 Å². The number of hydrogen-bond donors (Lipinski definition) is 2. The van der Waals surface area contributed by atoms with Gasteiger partial charge in [0.15, 0.2) is 0 Å². The Morgan fingerprint density at radius 3 is 2.47 bits per heavy atom. The number of piperidine rings is 1. The van der Waals surface area contributed by atoms with Gasteiger partial charge in [0.2, 0.25) is 10.0 Å². The number of nitrogens with zero attached hydrogens (tertiary/aromatic N) is 2. The topological polar surface area (TPSA) is 83.1 Å². The number of hydrazine groups is 2. The van der Waals surface area contributed by atoms with Gasteiger partial charge in [-0.15, -0.1) is 0 Å². The first kappa shape index (κ1) is 26.5. The van der Waals surface area contributed by atoms with E-state index in [-0.39, 0.29) is 31.8 Å². The fourth-order valence-corrected chi connectivity index (χ4v) is 6.05. The number of halogens is 2. The van der Waals surface area contributed by atoms with Gasteiger partial charge in [-0.3, -0.25) is 0 Å². The van der Waals surface area contributed by atoms with E-state index in [0.717, 1.165) is 0 Å². The summed E-state index contributed by atoms with van der Waals surface area (Å²) in [6, 6.07) is 15.7. The molecule has 0 bridgehead atoms. The van der Waals surface area contributed by atoms with Crippen molar-refractivity contribution < 1.29 is 26.7 Å². The van der Waals surface area contributed by atoms with E-state index in [1.165, 1.54) is 11.4 Å².